The van der Waals surface area contributed by atoms with Crippen molar-refractivity contribution in [1.29, 1.82) is 0 Å². The van der Waals surface area contributed by atoms with Crippen molar-refractivity contribution in [3.63, 3.8) is 0 Å². The van der Waals surface area contributed by atoms with E-state index in [1.807, 2.05) is 12.1 Å². The Labute approximate surface area is 145 Å². The highest BCUT2D eigenvalue weighted by molar-refractivity contribution is 14.0. The molecule has 1 aromatic carbocycles. The average Bonchev–Trinajstić information content (AvgIpc) is 2.37. The van der Waals surface area contributed by atoms with Gasteiger partial charge < -0.3 is 15.8 Å². The standard InChI is InChI=1S/C16H27N3O.HI/c1-16(2,3)19-15(17)18-12-6-5-7-13-8-10-14(20-4)11-9-13;/h8-11H,5-7,12H2,1-4H3,(H3,17,18,19);1H. The van der Waals surface area contributed by atoms with E-state index in [2.05, 4.69) is 43.2 Å². The van der Waals surface area contributed by atoms with Gasteiger partial charge in [0.05, 0.1) is 7.11 Å². The van der Waals surface area contributed by atoms with Gasteiger partial charge in [-0.3, -0.25) is 4.99 Å². The highest BCUT2D eigenvalue weighted by atomic mass is 127. The van der Waals surface area contributed by atoms with E-state index in [4.69, 9.17) is 10.5 Å². The van der Waals surface area contributed by atoms with Gasteiger partial charge in [0.1, 0.15) is 5.75 Å². The van der Waals surface area contributed by atoms with Gasteiger partial charge in [0.2, 0.25) is 0 Å². The number of hydrogen-bond donors (Lipinski definition) is 2. The lowest BCUT2D eigenvalue weighted by Gasteiger charge is -2.20. The molecule has 4 nitrogen and oxygen atoms in total. The number of guanidine groups is 1. The van der Waals surface area contributed by atoms with Crippen molar-refractivity contribution in [2.75, 3.05) is 13.7 Å². The molecule has 0 saturated carbocycles. The lowest BCUT2D eigenvalue weighted by Crippen LogP contribution is -2.45. The topological polar surface area (TPSA) is 59.6 Å². The molecule has 0 aliphatic rings. The van der Waals surface area contributed by atoms with Crippen LogP contribution in [0.25, 0.3) is 0 Å². The van der Waals surface area contributed by atoms with Gasteiger partial charge in [-0.1, -0.05) is 12.1 Å². The number of benzene rings is 1. The first kappa shape index (κ1) is 20.0. The van der Waals surface area contributed by atoms with E-state index >= 15 is 0 Å². The van der Waals surface area contributed by atoms with Gasteiger partial charge in [-0.2, -0.15) is 0 Å². The lowest BCUT2D eigenvalue weighted by molar-refractivity contribution is 0.414. The van der Waals surface area contributed by atoms with Gasteiger partial charge in [-0.05, 0) is 57.7 Å². The number of halogens is 1. The molecule has 0 fully saturated rings. The highest BCUT2D eigenvalue weighted by Crippen LogP contribution is 2.13. The summed E-state index contributed by atoms with van der Waals surface area (Å²) in [5.74, 6) is 1.43. The van der Waals surface area contributed by atoms with Crippen molar-refractivity contribution in [2.45, 2.75) is 45.6 Å². The number of nitrogens with two attached hydrogens (primary N) is 1. The summed E-state index contributed by atoms with van der Waals surface area (Å²) in [4.78, 5) is 4.33. The number of nitrogens with one attached hydrogen (secondary N) is 1. The lowest BCUT2D eigenvalue weighted by atomic mass is 10.1. The largest absolute Gasteiger partial charge is 0.497 e. The van der Waals surface area contributed by atoms with E-state index < -0.39 is 0 Å². The fourth-order valence-electron chi connectivity index (χ4n) is 1.86. The second kappa shape index (κ2) is 9.87. The summed E-state index contributed by atoms with van der Waals surface area (Å²) in [6, 6.07) is 8.21. The minimum absolute atomic E-state index is 0. The maximum absolute atomic E-state index is 5.81. The van der Waals surface area contributed by atoms with E-state index in [1.165, 1.54) is 5.56 Å². The molecule has 0 heterocycles. The van der Waals surface area contributed by atoms with Crippen LogP contribution in [0.5, 0.6) is 5.75 Å². The summed E-state index contributed by atoms with van der Waals surface area (Å²) in [7, 11) is 1.68. The van der Waals surface area contributed by atoms with Crippen LogP contribution >= 0.6 is 24.0 Å². The van der Waals surface area contributed by atoms with Crippen molar-refractivity contribution in [1.82, 2.24) is 5.32 Å². The third-order valence-corrected chi connectivity index (χ3v) is 2.82. The number of nitrogens with zero attached hydrogens (tertiary/aromatic N) is 1. The number of methoxy groups -OCH3 is 1. The first-order valence-electron chi connectivity index (χ1n) is 7.12. The summed E-state index contributed by atoms with van der Waals surface area (Å²) in [6.07, 6.45) is 3.21. The van der Waals surface area contributed by atoms with Crippen molar-refractivity contribution in [3.8, 4) is 5.75 Å². The van der Waals surface area contributed by atoms with E-state index in [1.54, 1.807) is 7.11 Å². The monoisotopic (exact) mass is 405 g/mol. The van der Waals surface area contributed by atoms with Crippen LogP contribution in [-0.2, 0) is 6.42 Å². The van der Waals surface area contributed by atoms with Gasteiger partial charge in [0, 0.05) is 12.1 Å². The minimum Gasteiger partial charge on any atom is -0.497 e. The summed E-state index contributed by atoms with van der Waals surface area (Å²) < 4.78 is 5.14. The highest BCUT2D eigenvalue weighted by Gasteiger charge is 2.09. The van der Waals surface area contributed by atoms with Crippen LogP contribution in [0.3, 0.4) is 0 Å². The number of ether oxygens (including phenoxy) is 1. The van der Waals surface area contributed by atoms with Crippen molar-refractivity contribution in [2.24, 2.45) is 10.7 Å². The molecule has 0 unspecified atom stereocenters. The van der Waals surface area contributed by atoms with Crippen LogP contribution in [0, 0.1) is 0 Å². The minimum atomic E-state index is -0.0311. The van der Waals surface area contributed by atoms with Gasteiger partial charge in [-0.25, -0.2) is 0 Å². The molecule has 0 atom stereocenters. The molecule has 0 aliphatic heterocycles. The number of aliphatic imine (C=N–C) groups is 1. The molecule has 0 aromatic heterocycles. The Kier molecular flexibility index (Phi) is 9.41. The van der Waals surface area contributed by atoms with Crippen LogP contribution in [-0.4, -0.2) is 25.2 Å². The molecular formula is C16H28IN3O. The predicted molar refractivity (Wildman–Crippen MR) is 101 cm³/mol. The molecule has 0 aliphatic carbocycles. The molecule has 0 radical (unpaired) electrons. The van der Waals surface area contributed by atoms with E-state index in [0.29, 0.717) is 5.96 Å². The first-order chi connectivity index (χ1) is 9.40. The van der Waals surface area contributed by atoms with Crippen LogP contribution in [0.15, 0.2) is 29.3 Å². The summed E-state index contributed by atoms with van der Waals surface area (Å²) in [6.45, 7) is 6.97. The molecule has 120 valence electrons. The number of unbranched alkanes of at least 4 members (excludes halogenated alkanes) is 1. The second-order valence-corrected chi connectivity index (χ2v) is 5.95. The van der Waals surface area contributed by atoms with E-state index in [0.717, 1.165) is 31.6 Å². The summed E-state index contributed by atoms with van der Waals surface area (Å²) in [5.41, 5.74) is 7.11. The molecule has 3 N–H and O–H groups in total. The van der Waals surface area contributed by atoms with Crippen LogP contribution in [0.2, 0.25) is 0 Å². The van der Waals surface area contributed by atoms with Crippen molar-refractivity contribution < 1.29 is 4.74 Å². The zero-order valence-corrected chi connectivity index (χ0v) is 15.8. The number of hydrogen-bond acceptors (Lipinski definition) is 2. The van der Waals surface area contributed by atoms with Crippen LogP contribution in [0.4, 0.5) is 0 Å². The molecule has 21 heavy (non-hydrogen) atoms. The van der Waals surface area contributed by atoms with E-state index in [9.17, 15) is 0 Å². The van der Waals surface area contributed by atoms with Gasteiger partial charge in [0.15, 0.2) is 5.96 Å². The molecule has 1 rings (SSSR count). The predicted octanol–water partition coefficient (Wildman–Crippen LogP) is 3.34. The molecule has 5 heteroatoms. The van der Waals surface area contributed by atoms with E-state index in [-0.39, 0.29) is 29.5 Å². The Balaban J connectivity index is 0.00000400. The first-order valence-corrected chi connectivity index (χ1v) is 7.12. The quantitative estimate of drug-likeness (QED) is 0.330. The van der Waals surface area contributed by atoms with Crippen molar-refractivity contribution in [3.05, 3.63) is 29.8 Å². The third kappa shape index (κ3) is 9.55. The summed E-state index contributed by atoms with van der Waals surface area (Å²) >= 11 is 0. The van der Waals surface area contributed by atoms with Crippen LogP contribution < -0.4 is 15.8 Å². The zero-order chi connectivity index (χ0) is 15.0. The fraction of sp³-hybridized carbons (Fsp3) is 0.562. The molecule has 1 aromatic rings. The molecule has 0 amide bonds. The fourth-order valence-corrected chi connectivity index (χ4v) is 1.86. The zero-order valence-electron chi connectivity index (χ0n) is 13.5. The Hall–Kier alpha value is -0.980. The SMILES string of the molecule is COc1ccc(CCCCN=C(N)NC(C)(C)C)cc1.I. The maximum Gasteiger partial charge on any atom is 0.188 e. The van der Waals surface area contributed by atoms with Gasteiger partial charge in [-0.15, -0.1) is 24.0 Å². The van der Waals surface area contributed by atoms with Gasteiger partial charge >= 0.3 is 0 Å². The summed E-state index contributed by atoms with van der Waals surface area (Å²) in [5, 5.41) is 3.15. The smallest absolute Gasteiger partial charge is 0.188 e. The Morgan fingerprint density at radius 3 is 2.33 bits per heavy atom. The third-order valence-electron chi connectivity index (χ3n) is 2.82. The molecular weight excluding hydrogens is 377 g/mol. The average molecular weight is 405 g/mol. The maximum atomic E-state index is 5.81. The van der Waals surface area contributed by atoms with Crippen LogP contribution in [0.1, 0.15) is 39.2 Å². The second-order valence-electron chi connectivity index (χ2n) is 5.95. The Morgan fingerprint density at radius 1 is 1.19 bits per heavy atom. The van der Waals surface area contributed by atoms with Crippen molar-refractivity contribution >= 4 is 29.9 Å². The number of rotatable bonds is 6. The Morgan fingerprint density at radius 2 is 1.81 bits per heavy atom. The molecule has 0 saturated heterocycles. The van der Waals surface area contributed by atoms with Gasteiger partial charge in [0.25, 0.3) is 0 Å². The number of aryl methyl sites for hydroxylation is 1. The molecule has 0 bridgehead atoms. The normalized spacial score (nSPS) is 11.7. The Bertz CT molecular complexity index is 424. The molecule has 0 spiro atoms.